The van der Waals surface area contributed by atoms with Crippen molar-refractivity contribution in [3.8, 4) is 22.6 Å². The van der Waals surface area contributed by atoms with Crippen molar-refractivity contribution in [2.45, 2.75) is 171 Å². The van der Waals surface area contributed by atoms with E-state index in [4.69, 9.17) is 0 Å². The molecule has 0 atom stereocenters. The first-order valence-corrected chi connectivity index (χ1v) is 16.7. The van der Waals surface area contributed by atoms with Crippen molar-refractivity contribution >= 4 is 0 Å². The van der Waals surface area contributed by atoms with Crippen LogP contribution in [0.5, 0.6) is 11.5 Å². The molecule has 0 amide bonds. The minimum atomic E-state index is -0.417. The van der Waals surface area contributed by atoms with Crippen molar-refractivity contribution in [3.63, 3.8) is 0 Å². The van der Waals surface area contributed by atoms with Crippen molar-refractivity contribution in [2.75, 3.05) is 0 Å². The van der Waals surface area contributed by atoms with Gasteiger partial charge in [0.2, 0.25) is 0 Å². The predicted molar refractivity (Wildman–Crippen MR) is 175 cm³/mol. The second-order valence-corrected chi connectivity index (χ2v) is 12.9. The molecule has 270 valence electrons. The van der Waals surface area contributed by atoms with E-state index >= 15 is 0 Å². The third-order valence-electron chi connectivity index (χ3n) is 5.24. The summed E-state index contributed by atoms with van der Waals surface area (Å²) < 4.78 is 0. The summed E-state index contributed by atoms with van der Waals surface area (Å²) in [5.74, 6) is 0.0495. The minimum absolute atomic E-state index is 0. The van der Waals surface area contributed by atoms with Crippen molar-refractivity contribution in [3.05, 3.63) is 46.5 Å². The van der Waals surface area contributed by atoms with E-state index in [0.29, 0.717) is 0 Å². The molecule has 0 bridgehead atoms. The maximum atomic E-state index is 12.6. The fourth-order valence-corrected chi connectivity index (χ4v) is 4.16. The fourth-order valence-electron chi connectivity index (χ4n) is 4.16. The Balaban J connectivity index is -0.000000196. The molecule has 2 aliphatic carbocycles. The molecule has 0 aromatic heterocycles. The van der Waals surface area contributed by atoms with E-state index in [9.17, 15) is 40.9 Å². The van der Waals surface area contributed by atoms with Crippen LogP contribution in [-0.4, -0.2) is 36.6 Å². The molecule has 2 aromatic carbocycles. The summed E-state index contributed by atoms with van der Waals surface area (Å²) in [6, 6.07) is 7.28. The zero-order valence-corrected chi connectivity index (χ0v) is 34.8. The first-order chi connectivity index (χ1) is 21.1. The summed E-state index contributed by atoms with van der Waals surface area (Å²) >= 11 is 0. The zero-order chi connectivity index (χ0) is 36.6. The Labute approximate surface area is 322 Å². The third-order valence-corrected chi connectivity index (χ3v) is 5.24. The van der Waals surface area contributed by atoms with Gasteiger partial charge in [0.15, 0.2) is 0 Å². The average molecular weight is 743 g/mol. The van der Waals surface area contributed by atoms with Gasteiger partial charge in [-0.15, -0.1) is 48.1 Å². The normalized spacial score (nSPS) is 12.2. The standard InChI is InChI=1S/C20H22O2.6C3H7O.2Ti/c21-17-11-9-13-5-1-3-7-15(13)19(17)20-16-8-4-2-6-14(16)10-12-18(20)22;6*1-3(2)4;;/h9-12,21-22H,1-8H2;6*3H,1-2H3;;/q;6*-1;2*+4/p-2. The quantitative estimate of drug-likeness (QED) is 0.396. The molecule has 0 saturated carbocycles. The summed E-state index contributed by atoms with van der Waals surface area (Å²) in [5, 5.41) is 82.3. The third kappa shape index (κ3) is 33.7. The van der Waals surface area contributed by atoms with Crippen LogP contribution in [0.2, 0.25) is 0 Å². The topological polar surface area (TPSA) is 184 Å². The number of rotatable bonds is 1. The molecule has 0 aliphatic heterocycles. The van der Waals surface area contributed by atoms with E-state index < -0.39 is 36.6 Å². The number of hydrogen-bond acceptors (Lipinski definition) is 8. The monoisotopic (exact) mass is 742 g/mol. The van der Waals surface area contributed by atoms with Crippen LogP contribution in [0.3, 0.4) is 0 Å². The first-order valence-electron chi connectivity index (χ1n) is 16.7. The Morgan fingerprint density at radius 2 is 0.562 bits per heavy atom. The van der Waals surface area contributed by atoms with Gasteiger partial charge in [-0.3, -0.25) is 0 Å². The molecular formula is C38H62O8Ti2. The Kier molecular flexibility index (Phi) is 39.4. The Hall–Kier alpha value is -0.771. The van der Waals surface area contributed by atoms with Crippen LogP contribution in [0.1, 0.15) is 131 Å². The fraction of sp³-hybridized carbons (Fsp3) is 0.684. The van der Waals surface area contributed by atoms with Crippen LogP contribution < -0.4 is 40.9 Å². The molecule has 0 heterocycles. The Morgan fingerprint density at radius 3 is 0.771 bits per heavy atom. The van der Waals surface area contributed by atoms with Crippen LogP contribution in [0.15, 0.2) is 24.3 Å². The molecule has 0 fully saturated rings. The molecule has 0 N–H and O–H groups in total. The van der Waals surface area contributed by atoms with Gasteiger partial charge in [0.05, 0.1) is 0 Å². The van der Waals surface area contributed by atoms with E-state index in [-0.39, 0.29) is 54.9 Å². The van der Waals surface area contributed by atoms with E-state index in [2.05, 4.69) is 0 Å². The molecule has 0 unspecified atom stereocenters. The van der Waals surface area contributed by atoms with Crippen molar-refractivity contribution < 1.29 is 84.3 Å². The number of hydrogen-bond donors (Lipinski definition) is 0. The second kappa shape index (κ2) is 33.4. The van der Waals surface area contributed by atoms with Crippen LogP contribution in [0.25, 0.3) is 11.1 Å². The van der Waals surface area contributed by atoms with Crippen LogP contribution in [0, 0.1) is 0 Å². The van der Waals surface area contributed by atoms with Gasteiger partial charge in [-0.2, -0.15) is 0 Å². The predicted octanol–water partition coefficient (Wildman–Crippen LogP) is 1.78. The molecule has 0 radical (unpaired) electrons. The van der Waals surface area contributed by atoms with Gasteiger partial charge in [-0.25, -0.2) is 0 Å². The smallest absolute Gasteiger partial charge is 0.872 e. The molecule has 0 spiro atoms. The Morgan fingerprint density at radius 1 is 0.375 bits per heavy atom. The van der Waals surface area contributed by atoms with Gasteiger partial charge >= 0.3 is 43.4 Å². The van der Waals surface area contributed by atoms with Gasteiger partial charge in [0.25, 0.3) is 0 Å². The molecule has 4 rings (SSSR count). The van der Waals surface area contributed by atoms with Gasteiger partial charge in [0.1, 0.15) is 0 Å². The summed E-state index contributed by atoms with van der Waals surface area (Å²) in [5.41, 5.74) is 6.29. The molecule has 2 aromatic rings. The maximum Gasteiger partial charge on any atom is 4.00 e. The van der Waals surface area contributed by atoms with Crippen LogP contribution >= 0.6 is 0 Å². The molecule has 8 nitrogen and oxygen atoms in total. The summed E-state index contributed by atoms with van der Waals surface area (Å²) in [7, 11) is 0. The molecular weight excluding hydrogens is 680 g/mol. The molecule has 48 heavy (non-hydrogen) atoms. The maximum absolute atomic E-state index is 12.6. The Bertz CT molecular complexity index is 900. The molecule has 0 saturated heterocycles. The van der Waals surface area contributed by atoms with Gasteiger partial charge in [-0.05, 0) is 84.7 Å². The van der Waals surface area contributed by atoms with E-state index in [0.717, 1.165) is 60.8 Å². The van der Waals surface area contributed by atoms with Crippen LogP contribution in [-0.2, 0) is 69.1 Å². The van der Waals surface area contributed by atoms with E-state index in [1.54, 1.807) is 95.2 Å². The largest absolute Gasteiger partial charge is 4.00 e. The summed E-state index contributed by atoms with van der Waals surface area (Å²) in [6.45, 7) is 19.3. The minimum Gasteiger partial charge on any atom is -0.872 e. The van der Waals surface area contributed by atoms with Crippen LogP contribution in [0.4, 0.5) is 0 Å². The number of fused-ring (bicyclic) bond motifs is 2. The molecule has 10 heteroatoms. The number of aryl methyl sites for hydroxylation is 2. The van der Waals surface area contributed by atoms with Crippen molar-refractivity contribution in [2.24, 2.45) is 0 Å². The number of benzene rings is 2. The zero-order valence-electron chi connectivity index (χ0n) is 31.7. The SMILES string of the molecule is CC(C)[O-].CC(C)[O-].CC(C)[O-].CC(C)[O-].CC(C)[O-].CC(C)[O-].[O-]c1ccc2c(c1-c1c([O-])ccc3c1CCCC3)CCCC2.[Ti+4].[Ti+4]. The van der Waals surface area contributed by atoms with Gasteiger partial charge in [0, 0.05) is 0 Å². The summed E-state index contributed by atoms with van der Waals surface area (Å²) in [6.07, 6.45) is 6.04. The van der Waals surface area contributed by atoms with Crippen molar-refractivity contribution in [1.82, 2.24) is 0 Å². The van der Waals surface area contributed by atoms with E-state index in [1.807, 2.05) is 12.1 Å². The first kappa shape index (κ1) is 56.6. The van der Waals surface area contributed by atoms with E-state index in [1.165, 1.54) is 24.0 Å². The van der Waals surface area contributed by atoms with Crippen molar-refractivity contribution in [1.29, 1.82) is 0 Å². The molecule has 2 aliphatic rings. The van der Waals surface area contributed by atoms with Gasteiger partial charge in [-0.1, -0.05) is 107 Å². The second-order valence-electron chi connectivity index (χ2n) is 12.9. The van der Waals surface area contributed by atoms with Gasteiger partial charge < -0.3 is 40.9 Å². The average Bonchev–Trinajstić information content (AvgIpc) is 2.87. The summed E-state index contributed by atoms with van der Waals surface area (Å²) in [4.78, 5) is 0.